The number of rotatable bonds is 8. The smallest absolute Gasteiger partial charge is 0.298 e. The van der Waals surface area contributed by atoms with Gasteiger partial charge < -0.3 is 20.7 Å². The van der Waals surface area contributed by atoms with Crippen LogP contribution >= 0.6 is 11.8 Å². The van der Waals surface area contributed by atoms with Crippen LogP contribution in [0.4, 0.5) is 15.9 Å². The number of benzene rings is 2. The normalized spacial score (nSPS) is 14.0. The molecule has 4 aromatic rings. The van der Waals surface area contributed by atoms with E-state index in [1.807, 2.05) is 17.2 Å². The van der Waals surface area contributed by atoms with E-state index < -0.39 is 0 Å². The molecular formula is C28H29FN6O3S. The highest BCUT2D eigenvalue weighted by molar-refractivity contribution is 7.98. The van der Waals surface area contributed by atoms with Gasteiger partial charge >= 0.3 is 0 Å². The Labute approximate surface area is 229 Å². The van der Waals surface area contributed by atoms with Gasteiger partial charge in [0, 0.05) is 47.1 Å². The first-order chi connectivity index (χ1) is 18.9. The fourth-order valence-corrected chi connectivity index (χ4v) is 5.40. The number of nitrogens with two attached hydrogens (primary N) is 1. The number of halogens is 1. The molecule has 9 nitrogen and oxygen atoms in total. The number of piperidine rings is 1. The molecule has 0 atom stereocenters. The molecule has 1 saturated heterocycles. The Kier molecular flexibility index (Phi) is 7.80. The van der Waals surface area contributed by atoms with Gasteiger partial charge in [-0.2, -0.15) is 0 Å². The summed E-state index contributed by atoms with van der Waals surface area (Å²) in [5, 5.41) is 3.20. The van der Waals surface area contributed by atoms with Gasteiger partial charge in [0.25, 0.3) is 12.4 Å². The summed E-state index contributed by atoms with van der Waals surface area (Å²) >= 11 is 1.34. The molecule has 0 unspecified atom stereocenters. The van der Waals surface area contributed by atoms with Crippen LogP contribution in [0.1, 0.15) is 28.8 Å². The lowest BCUT2D eigenvalue weighted by Crippen LogP contribution is -2.40. The standard InChI is InChI=1S/C28H29FN6O3S/c1-17-20(28(37)34-10-7-18(14-30)8-11-34)4-5-22(25(17)38-16-36)33-26-27-32-15-23(35(27)12-9-31-26)19-3-6-24(39-2)21(29)13-19/h3-6,9,12-13,15-16,18H,7-8,10-11,14,30H2,1-2H3,(H,31,33). The highest BCUT2D eigenvalue weighted by Crippen LogP contribution is 2.35. The number of aromatic nitrogens is 3. The van der Waals surface area contributed by atoms with Crippen LogP contribution < -0.4 is 15.8 Å². The topological polar surface area (TPSA) is 115 Å². The number of likely N-dealkylation sites (tertiary alicyclic amines) is 1. The number of carbonyl (C=O) groups excluding carboxylic acids is 2. The van der Waals surface area contributed by atoms with E-state index in [1.54, 1.807) is 48.1 Å². The molecule has 0 radical (unpaired) electrons. The first-order valence-electron chi connectivity index (χ1n) is 12.6. The molecule has 0 saturated carbocycles. The first-order valence-corrected chi connectivity index (χ1v) is 13.8. The third kappa shape index (κ3) is 5.19. The Morgan fingerprint density at radius 2 is 2.05 bits per heavy atom. The number of ether oxygens (including phenoxy) is 1. The second-order valence-electron chi connectivity index (χ2n) is 9.39. The van der Waals surface area contributed by atoms with Gasteiger partial charge in [-0.05, 0) is 62.7 Å². The summed E-state index contributed by atoms with van der Waals surface area (Å²) in [7, 11) is 0. The minimum atomic E-state index is -0.299. The number of nitrogens with one attached hydrogen (secondary N) is 1. The monoisotopic (exact) mass is 548 g/mol. The number of imidazole rings is 1. The summed E-state index contributed by atoms with van der Waals surface area (Å²) in [5.41, 5.74) is 9.12. The van der Waals surface area contributed by atoms with E-state index in [2.05, 4.69) is 15.3 Å². The molecule has 3 N–H and O–H groups in total. The van der Waals surface area contributed by atoms with Gasteiger partial charge in [-0.15, -0.1) is 11.8 Å². The molecule has 1 aliphatic heterocycles. The van der Waals surface area contributed by atoms with Gasteiger partial charge in [0.1, 0.15) is 5.82 Å². The largest absolute Gasteiger partial charge is 0.426 e. The van der Waals surface area contributed by atoms with E-state index in [9.17, 15) is 14.0 Å². The quantitative estimate of drug-likeness (QED) is 0.242. The lowest BCUT2D eigenvalue weighted by atomic mass is 9.96. The van der Waals surface area contributed by atoms with Crippen LogP contribution in [0.2, 0.25) is 0 Å². The van der Waals surface area contributed by atoms with Crippen LogP contribution in [-0.4, -0.2) is 57.5 Å². The second kappa shape index (κ2) is 11.4. The molecule has 2 aromatic heterocycles. The molecule has 1 amide bonds. The zero-order chi connectivity index (χ0) is 27.5. The Bertz CT molecular complexity index is 1530. The van der Waals surface area contributed by atoms with Crippen molar-refractivity contribution in [3.8, 4) is 17.0 Å². The van der Waals surface area contributed by atoms with E-state index in [4.69, 9.17) is 10.5 Å². The lowest BCUT2D eigenvalue weighted by molar-refractivity contribution is -0.120. The average molecular weight is 549 g/mol. The number of carbonyl (C=O) groups is 2. The van der Waals surface area contributed by atoms with Gasteiger partial charge in [0.05, 0.1) is 17.6 Å². The van der Waals surface area contributed by atoms with Crippen molar-refractivity contribution in [3.05, 3.63) is 65.9 Å². The van der Waals surface area contributed by atoms with E-state index >= 15 is 0 Å². The van der Waals surface area contributed by atoms with Gasteiger partial charge in [-0.1, -0.05) is 6.07 Å². The van der Waals surface area contributed by atoms with Gasteiger partial charge in [0.15, 0.2) is 17.2 Å². The summed E-state index contributed by atoms with van der Waals surface area (Å²) in [4.78, 5) is 36.0. The van der Waals surface area contributed by atoms with Gasteiger partial charge in [0.2, 0.25) is 0 Å². The minimum Gasteiger partial charge on any atom is -0.426 e. The maximum Gasteiger partial charge on any atom is 0.298 e. The number of nitrogens with zero attached hydrogens (tertiary/aromatic N) is 4. The fraction of sp³-hybridized carbons (Fsp3) is 0.286. The number of hydrogen-bond acceptors (Lipinski definition) is 8. The Hall–Kier alpha value is -3.96. The molecular weight excluding hydrogens is 519 g/mol. The van der Waals surface area contributed by atoms with Crippen molar-refractivity contribution >= 4 is 41.3 Å². The van der Waals surface area contributed by atoms with Crippen molar-refractivity contribution in [2.75, 3.05) is 31.2 Å². The van der Waals surface area contributed by atoms with Crippen LogP contribution in [0.25, 0.3) is 16.9 Å². The van der Waals surface area contributed by atoms with Crippen LogP contribution in [0.3, 0.4) is 0 Å². The number of thioether (sulfide) groups is 1. The maximum atomic E-state index is 14.5. The summed E-state index contributed by atoms with van der Waals surface area (Å²) in [5.74, 6) is 0.666. The fourth-order valence-electron chi connectivity index (χ4n) is 4.94. The molecule has 39 heavy (non-hydrogen) atoms. The minimum absolute atomic E-state index is 0.108. The third-order valence-electron chi connectivity index (χ3n) is 7.17. The van der Waals surface area contributed by atoms with Crippen molar-refractivity contribution in [1.29, 1.82) is 0 Å². The molecule has 0 spiro atoms. The van der Waals surface area contributed by atoms with Gasteiger partial charge in [-0.25, -0.2) is 14.4 Å². The van der Waals surface area contributed by atoms with Crippen LogP contribution in [0, 0.1) is 18.7 Å². The third-order valence-corrected chi connectivity index (χ3v) is 7.94. The first kappa shape index (κ1) is 26.6. The zero-order valence-corrected chi connectivity index (χ0v) is 22.5. The molecule has 0 bridgehead atoms. The molecule has 2 aromatic carbocycles. The molecule has 202 valence electrons. The summed E-state index contributed by atoms with van der Waals surface area (Å²) in [6, 6.07) is 8.48. The Morgan fingerprint density at radius 3 is 2.74 bits per heavy atom. The highest BCUT2D eigenvalue weighted by Gasteiger charge is 2.26. The molecule has 1 aliphatic rings. The van der Waals surface area contributed by atoms with Crippen molar-refractivity contribution in [2.45, 2.75) is 24.7 Å². The molecule has 3 heterocycles. The number of hydrogen-bond donors (Lipinski definition) is 2. The van der Waals surface area contributed by atoms with Gasteiger partial charge in [-0.3, -0.25) is 14.0 Å². The van der Waals surface area contributed by atoms with Crippen molar-refractivity contribution in [3.63, 3.8) is 0 Å². The van der Waals surface area contributed by atoms with Crippen molar-refractivity contribution in [2.24, 2.45) is 11.7 Å². The number of fused-ring (bicyclic) bond motifs is 1. The molecule has 5 rings (SSSR count). The van der Waals surface area contributed by atoms with Crippen LogP contribution in [0.15, 0.2) is 53.8 Å². The predicted molar refractivity (Wildman–Crippen MR) is 149 cm³/mol. The lowest BCUT2D eigenvalue weighted by Gasteiger charge is -2.32. The Balaban J connectivity index is 1.46. The number of amides is 1. The average Bonchev–Trinajstić information content (AvgIpc) is 3.40. The summed E-state index contributed by atoms with van der Waals surface area (Å²) < 4.78 is 21.6. The molecule has 0 aliphatic carbocycles. The SMILES string of the molecule is CSc1ccc(-c2cnc3c(Nc4ccc(C(=O)N5CCC(CN)CC5)c(C)c4OC=O)nccn23)cc1F. The van der Waals surface area contributed by atoms with E-state index in [-0.39, 0.29) is 17.5 Å². The van der Waals surface area contributed by atoms with E-state index in [1.165, 1.54) is 17.8 Å². The van der Waals surface area contributed by atoms with Crippen molar-refractivity contribution < 1.29 is 18.7 Å². The molecule has 1 fully saturated rings. The highest BCUT2D eigenvalue weighted by atomic mass is 32.2. The van der Waals surface area contributed by atoms with E-state index in [0.29, 0.717) is 76.5 Å². The van der Waals surface area contributed by atoms with E-state index in [0.717, 1.165) is 12.8 Å². The van der Waals surface area contributed by atoms with Crippen LogP contribution in [0.5, 0.6) is 5.75 Å². The maximum absolute atomic E-state index is 14.5. The molecule has 11 heteroatoms. The zero-order valence-electron chi connectivity index (χ0n) is 21.7. The summed E-state index contributed by atoms with van der Waals surface area (Å²) in [6.45, 7) is 3.99. The Morgan fingerprint density at radius 1 is 1.26 bits per heavy atom. The predicted octanol–water partition coefficient (Wildman–Crippen LogP) is 4.66. The number of anilines is 2. The van der Waals surface area contributed by atoms with Crippen molar-refractivity contribution in [1.82, 2.24) is 19.3 Å². The second-order valence-corrected chi connectivity index (χ2v) is 10.2. The summed E-state index contributed by atoms with van der Waals surface area (Å²) in [6.07, 6.45) is 8.56. The van der Waals surface area contributed by atoms with Crippen LogP contribution in [-0.2, 0) is 4.79 Å².